The van der Waals surface area contributed by atoms with Crippen molar-refractivity contribution < 1.29 is 13.9 Å². The normalized spacial score (nSPS) is 14.7. The molecule has 24 heavy (non-hydrogen) atoms. The van der Waals surface area contributed by atoms with E-state index in [0.717, 1.165) is 9.44 Å². The maximum Gasteiger partial charge on any atom is 0.319 e. The van der Waals surface area contributed by atoms with E-state index in [1.165, 1.54) is 23.7 Å². The molecule has 0 amide bonds. The molecule has 3 N–H and O–H groups in total. The molecule has 2 heterocycles. The van der Waals surface area contributed by atoms with E-state index in [1.54, 1.807) is 6.92 Å². The third kappa shape index (κ3) is 4.75. The van der Waals surface area contributed by atoms with Crippen LogP contribution < -0.4 is 10.6 Å². The number of thiophene rings is 1. The van der Waals surface area contributed by atoms with E-state index < -0.39 is 12.2 Å². The lowest BCUT2D eigenvalue weighted by Gasteiger charge is -2.23. The number of nitrogens with one attached hydrogen (secondary N) is 2. The van der Waals surface area contributed by atoms with Gasteiger partial charge in [-0.1, -0.05) is 6.07 Å². The number of halogens is 2. The van der Waals surface area contributed by atoms with Crippen LogP contribution in [0.2, 0.25) is 0 Å². The summed E-state index contributed by atoms with van der Waals surface area (Å²) in [6.45, 7) is 1.81. The minimum atomic E-state index is -2.65. The van der Waals surface area contributed by atoms with Gasteiger partial charge in [-0.3, -0.25) is 4.57 Å². The van der Waals surface area contributed by atoms with Gasteiger partial charge in [-0.15, -0.1) is 11.3 Å². The highest BCUT2D eigenvalue weighted by molar-refractivity contribution is 7.10. The lowest BCUT2D eigenvalue weighted by molar-refractivity contribution is 0.0655. The number of imidazole rings is 1. The molecule has 132 valence electrons. The molecular weight excluding hydrogens is 336 g/mol. The second kappa shape index (κ2) is 8.20. The summed E-state index contributed by atoms with van der Waals surface area (Å²) in [4.78, 5) is 8.98. The van der Waals surface area contributed by atoms with Gasteiger partial charge >= 0.3 is 6.55 Å². The van der Waals surface area contributed by atoms with Crippen molar-refractivity contribution in [2.75, 3.05) is 13.1 Å². The van der Waals surface area contributed by atoms with E-state index in [4.69, 9.17) is 0 Å². The number of hydrogen-bond donors (Lipinski definition) is 3. The highest BCUT2D eigenvalue weighted by atomic mass is 32.1. The zero-order chi connectivity index (χ0) is 17.6. The molecule has 0 spiro atoms. The fourth-order valence-electron chi connectivity index (χ4n) is 2.06. The average Bonchev–Trinajstić information content (AvgIpc) is 3.20. The Labute approximate surface area is 143 Å². The van der Waals surface area contributed by atoms with Gasteiger partial charge in [0.15, 0.2) is 5.96 Å². The Hall–Kier alpha value is -2.00. The molecule has 0 aromatic carbocycles. The molecule has 0 aliphatic carbocycles. The molecular formula is C15H21F2N5OS. The van der Waals surface area contributed by atoms with Crippen molar-refractivity contribution in [2.24, 2.45) is 4.99 Å². The summed E-state index contributed by atoms with van der Waals surface area (Å²) in [6, 6.07) is 3.73. The van der Waals surface area contributed by atoms with Gasteiger partial charge in [-0.05, 0) is 25.3 Å². The Morgan fingerprint density at radius 2 is 2.29 bits per heavy atom. The van der Waals surface area contributed by atoms with Crippen LogP contribution in [0.25, 0.3) is 0 Å². The van der Waals surface area contributed by atoms with Crippen LogP contribution in [0.3, 0.4) is 0 Å². The molecule has 0 saturated heterocycles. The molecule has 0 radical (unpaired) electrons. The van der Waals surface area contributed by atoms with E-state index in [2.05, 4.69) is 20.6 Å². The topological polar surface area (TPSA) is 74.5 Å². The summed E-state index contributed by atoms with van der Waals surface area (Å²) in [7, 11) is 0. The first-order chi connectivity index (χ1) is 11.4. The predicted molar refractivity (Wildman–Crippen MR) is 90.2 cm³/mol. The zero-order valence-electron chi connectivity index (χ0n) is 13.5. The third-order valence-electron chi connectivity index (χ3n) is 3.33. The van der Waals surface area contributed by atoms with Crippen molar-refractivity contribution in [3.63, 3.8) is 0 Å². The Morgan fingerprint density at radius 3 is 2.92 bits per heavy atom. The molecule has 0 bridgehead atoms. The van der Waals surface area contributed by atoms with E-state index in [9.17, 15) is 13.9 Å². The molecule has 0 aliphatic rings. The Kier molecular flexibility index (Phi) is 6.27. The number of aliphatic hydroxyl groups is 1. The summed E-state index contributed by atoms with van der Waals surface area (Å²) in [5.74, 6) is 0.602. The lowest BCUT2D eigenvalue weighted by atomic mass is 10.1. The minimum absolute atomic E-state index is 0.00776. The molecule has 2 rings (SSSR count). The first-order valence-corrected chi connectivity index (χ1v) is 8.40. The molecule has 2 aromatic rings. The fraction of sp³-hybridized carbons (Fsp3) is 0.467. The maximum absolute atomic E-state index is 12.8. The molecule has 0 aliphatic heterocycles. The largest absolute Gasteiger partial charge is 0.383 e. The average molecular weight is 357 g/mol. The van der Waals surface area contributed by atoms with Crippen molar-refractivity contribution in [1.29, 1.82) is 0 Å². The number of nitrogens with zero attached hydrogens (tertiary/aromatic N) is 3. The van der Waals surface area contributed by atoms with Crippen LogP contribution in [0.4, 0.5) is 8.78 Å². The molecule has 0 saturated carbocycles. The first-order valence-electron chi connectivity index (χ1n) is 7.52. The summed E-state index contributed by atoms with van der Waals surface area (Å²) in [6.07, 6.45) is 2.54. The summed E-state index contributed by atoms with van der Waals surface area (Å²) in [5, 5.41) is 18.5. The molecule has 1 atom stereocenters. The van der Waals surface area contributed by atoms with Gasteiger partial charge in [0.1, 0.15) is 18.0 Å². The van der Waals surface area contributed by atoms with Gasteiger partial charge in [0.25, 0.3) is 0 Å². The molecule has 6 nitrogen and oxygen atoms in total. The van der Waals surface area contributed by atoms with Gasteiger partial charge in [-0.25, -0.2) is 9.98 Å². The van der Waals surface area contributed by atoms with E-state index in [-0.39, 0.29) is 18.9 Å². The van der Waals surface area contributed by atoms with Crippen LogP contribution in [0, 0.1) is 0 Å². The maximum atomic E-state index is 12.8. The summed E-state index contributed by atoms with van der Waals surface area (Å²) in [5.41, 5.74) is -1.05. The molecule has 2 aromatic heterocycles. The molecule has 9 heteroatoms. The standard InChI is InChI=1S/C15H21F2N5OS/c1-3-18-14(20-9-12-19-6-7-22(12)13(16)17)21-10-15(2,23)11-5-4-8-24-11/h4-8,13,23H,3,9-10H2,1-2H3,(H2,18,20,21). The fourth-order valence-corrected chi connectivity index (χ4v) is 2.85. The van der Waals surface area contributed by atoms with Crippen LogP contribution in [0.1, 0.15) is 31.1 Å². The zero-order valence-corrected chi connectivity index (χ0v) is 14.4. The first kappa shape index (κ1) is 18.3. The van der Waals surface area contributed by atoms with Crippen molar-refractivity contribution in [3.05, 3.63) is 40.6 Å². The van der Waals surface area contributed by atoms with Crippen molar-refractivity contribution >= 4 is 17.3 Å². The number of hydrogen-bond acceptors (Lipinski definition) is 4. The van der Waals surface area contributed by atoms with Crippen LogP contribution >= 0.6 is 11.3 Å². The monoisotopic (exact) mass is 357 g/mol. The van der Waals surface area contributed by atoms with Crippen molar-refractivity contribution in [1.82, 2.24) is 20.2 Å². The van der Waals surface area contributed by atoms with Gasteiger partial charge in [0, 0.05) is 23.8 Å². The van der Waals surface area contributed by atoms with Crippen molar-refractivity contribution in [2.45, 2.75) is 32.5 Å². The molecule has 1 unspecified atom stereocenters. The van der Waals surface area contributed by atoms with E-state index in [0.29, 0.717) is 12.5 Å². The van der Waals surface area contributed by atoms with Gasteiger partial charge in [-0.2, -0.15) is 8.78 Å². The Bertz CT molecular complexity index is 655. The number of aliphatic imine (C=N–C) groups is 1. The van der Waals surface area contributed by atoms with E-state index in [1.807, 2.05) is 24.4 Å². The van der Waals surface area contributed by atoms with Gasteiger partial charge in [0.2, 0.25) is 0 Å². The van der Waals surface area contributed by atoms with Crippen LogP contribution in [-0.4, -0.2) is 33.7 Å². The minimum Gasteiger partial charge on any atom is -0.383 e. The second-order valence-electron chi connectivity index (χ2n) is 5.33. The predicted octanol–water partition coefficient (Wildman–Crippen LogP) is 2.30. The Morgan fingerprint density at radius 1 is 1.50 bits per heavy atom. The van der Waals surface area contributed by atoms with Gasteiger partial charge in [0.05, 0.1) is 6.54 Å². The van der Waals surface area contributed by atoms with Crippen molar-refractivity contribution in [3.8, 4) is 0 Å². The lowest BCUT2D eigenvalue weighted by Crippen LogP contribution is -2.44. The van der Waals surface area contributed by atoms with E-state index >= 15 is 0 Å². The van der Waals surface area contributed by atoms with Crippen LogP contribution in [0.15, 0.2) is 34.9 Å². The summed E-state index contributed by atoms with van der Waals surface area (Å²) >= 11 is 1.46. The number of alkyl halides is 2. The molecule has 0 fully saturated rings. The Balaban J connectivity index is 2.02. The highest BCUT2D eigenvalue weighted by Crippen LogP contribution is 2.24. The second-order valence-corrected chi connectivity index (χ2v) is 6.28. The van der Waals surface area contributed by atoms with Gasteiger partial charge < -0.3 is 15.7 Å². The number of aromatic nitrogens is 2. The smallest absolute Gasteiger partial charge is 0.319 e. The number of rotatable bonds is 7. The third-order valence-corrected chi connectivity index (χ3v) is 4.46. The highest BCUT2D eigenvalue weighted by Gasteiger charge is 2.24. The number of guanidine groups is 1. The van der Waals surface area contributed by atoms with Crippen LogP contribution in [0.5, 0.6) is 0 Å². The van der Waals surface area contributed by atoms with Crippen LogP contribution in [-0.2, 0) is 12.1 Å². The quantitative estimate of drug-likeness (QED) is 0.525. The summed E-state index contributed by atoms with van der Waals surface area (Å²) < 4.78 is 26.4. The SMILES string of the molecule is CCNC(=NCc1nccn1C(F)F)NCC(C)(O)c1cccs1.